The van der Waals surface area contributed by atoms with Crippen molar-refractivity contribution in [3.63, 3.8) is 0 Å². The second kappa shape index (κ2) is 9.01. The Kier molecular flexibility index (Phi) is 7.00. The van der Waals surface area contributed by atoms with E-state index in [1.807, 2.05) is 36.4 Å². The van der Waals surface area contributed by atoms with E-state index in [0.29, 0.717) is 5.75 Å². The van der Waals surface area contributed by atoms with Crippen LogP contribution in [0, 0.1) is 0 Å². The van der Waals surface area contributed by atoms with Gasteiger partial charge in [-0.3, -0.25) is 4.79 Å². The normalized spacial score (nSPS) is 10.5. The third-order valence-corrected chi connectivity index (χ3v) is 4.78. The zero-order valence-corrected chi connectivity index (χ0v) is 15.0. The number of aryl methyl sites for hydroxylation is 1. The lowest BCUT2D eigenvalue weighted by Crippen LogP contribution is -2.13. The van der Waals surface area contributed by atoms with E-state index in [1.165, 1.54) is 30.2 Å². The summed E-state index contributed by atoms with van der Waals surface area (Å²) in [5, 5.41) is 2.94. The summed E-state index contributed by atoms with van der Waals surface area (Å²) in [5.74, 6) is 0.438. The Bertz CT molecular complexity index is 595. The SMILES string of the molecule is CCCCc1ccc(NC(=O)CSc2ccc(Br)cc2)cc1. The molecule has 1 N–H and O–H groups in total. The molecule has 0 aliphatic carbocycles. The Morgan fingerprint density at radius 2 is 1.77 bits per heavy atom. The van der Waals surface area contributed by atoms with Crippen molar-refractivity contribution in [2.75, 3.05) is 11.1 Å². The van der Waals surface area contributed by atoms with Crippen LogP contribution in [0.1, 0.15) is 25.3 Å². The Hall–Kier alpha value is -1.26. The van der Waals surface area contributed by atoms with E-state index in [0.717, 1.165) is 21.5 Å². The number of carbonyl (C=O) groups is 1. The third-order valence-electron chi connectivity index (χ3n) is 3.24. The molecule has 2 nitrogen and oxygen atoms in total. The topological polar surface area (TPSA) is 29.1 Å². The Morgan fingerprint density at radius 3 is 2.41 bits per heavy atom. The smallest absolute Gasteiger partial charge is 0.234 e. The molecule has 1 amide bonds. The number of benzene rings is 2. The molecule has 0 aliphatic heterocycles. The van der Waals surface area contributed by atoms with Crippen molar-refractivity contribution in [3.8, 4) is 0 Å². The minimum atomic E-state index is 0.0224. The Morgan fingerprint density at radius 1 is 1.09 bits per heavy atom. The quantitative estimate of drug-likeness (QED) is 0.643. The van der Waals surface area contributed by atoms with Crippen LogP contribution >= 0.6 is 27.7 Å². The fourth-order valence-corrected chi connectivity index (χ4v) is 2.98. The number of halogens is 1. The van der Waals surface area contributed by atoms with Crippen LogP contribution in [0.15, 0.2) is 57.9 Å². The highest BCUT2D eigenvalue weighted by atomic mass is 79.9. The fraction of sp³-hybridized carbons (Fsp3) is 0.278. The zero-order valence-electron chi connectivity index (χ0n) is 12.6. The highest BCUT2D eigenvalue weighted by molar-refractivity contribution is 9.10. The van der Waals surface area contributed by atoms with Crippen LogP contribution in [-0.4, -0.2) is 11.7 Å². The van der Waals surface area contributed by atoms with Crippen LogP contribution in [0.3, 0.4) is 0 Å². The number of thioether (sulfide) groups is 1. The molecule has 0 heterocycles. The van der Waals surface area contributed by atoms with Crippen LogP contribution in [-0.2, 0) is 11.2 Å². The van der Waals surface area contributed by atoms with Gasteiger partial charge in [0.25, 0.3) is 0 Å². The average Bonchev–Trinajstić information content (AvgIpc) is 2.54. The number of rotatable bonds is 7. The first-order chi connectivity index (χ1) is 10.7. The molecule has 22 heavy (non-hydrogen) atoms. The number of hydrogen-bond acceptors (Lipinski definition) is 2. The van der Waals surface area contributed by atoms with Crippen LogP contribution in [0.4, 0.5) is 5.69 Å². The van der Waals surface area contributed by atoms with Crippen molar-refractivity contribution in [2.24, 2.45) is 0 Å². The van der Waals surface area contributed by atoms with Gasteiger partial charge in [0.05, 0.1) is 5.75 Å². The first-order valence-electron chi connectivity index (χ1n) is 7.44. The number of hydrogen-bond donors (Lipinski definition) is 1. The average molecular weight is 378 g/mol. The van der Waals surface area contributed by atoms with E-state index in [4.69, 9.17) is 0 Å². The molecule has 116 valence electrons. The van der Waals surface area contributed by atoms with Crippen molar-refractivity contribution >= 4 is 39.3 Å². The molecular formula is C18H20BrNOS. The predicted molar refractivity (Wildman–Crippen MR) is 98.5 cm³/mol. The molecule has 4 heteroatoms. The van der Waals surface area contributed by atoms with E-state index in [2.05, 4.69) is 40.3 Å². The van der Waals surface area contributed by atoms with Crippen LogP contribution < -0.4 is 5.32 Å². The molecule has 2 aromatic carbocycles. The van der Waals surface area contributed by atoms with Gasteiger partial charge in [-0.1, -0.05) is 41.4 Å². The molecule has 0 fully saturated rings. The van der Waals surface area contributed by atoms with Crippen molar-refractivity contribution in [2.45, 2.75) is 31.1 Å². The Labute approximate surface area is 144 Å². The van der Waals surface area contributed by atoms with E-state index >= 15 is 0 Å². The van der Waals surface area contributed by atoms with Gasteiger partial charge in [0.1, 0.15) is 0 Å². The van der Waals surface area contributed by atoms with Gasteiger partial charge in [0.2, 0.25) is 5.91 Å². The largest absolute Gasteiger partial charge is 0.325 e. The maximum Gasteiger partial charge on any atom is 0.234 e. The first kappa shape index (κ1) is 17.1. The lowest BCUT2D eigenvalue weighted by atomic mass is 10.1. The highest BCUT2D eigenvalue weighted by Gasteiger charge is 2.04. The molecule has 2 rings (SSSR count). The van der Waals surface area contributed by atoms with Crippen molar-refractivity contribution in [3.05, 3.63) is 58.6 Å². The number of anilines is 1. The predicted octanol–water partition coefficient (Wildman–Crippen LogP) is 5.52. The minimum Gasteiger partial charge on any atom is -0.325 e. The van der Waals surface area contributed by atoms with Gasteiger partial charge in [0.15, 0.2) is 0 Å². The Balaban J connectivity index is 1.80. The molecular weight excluding hydrogens is 358 g/mol. The number of carbonyl (C=O) groups excluding carboxylic acids is 1. The van der Waals surface area contributed by atoms with E-state index in [1.54, 1.807) is 0 Å². The third kappa shape index (κ3) is 5.85. The van der Waals surface area contributed by atoms with Gasteiger partial charge in [-0.25, -0.2) is 0 Å². The summed E-state index contributed by atoms with van der Waals surface area (Å²) in [6.07, 6.45) is 3.51. The summed E-state index contributed by atoms with van der Waals surface area (Å²) in [4.78, 5) is 13.1. The molecule has 0 radical (unpaired) electrons. The molecule has 0 saturated carbocycles. The summed E-state index contributed by atoms with van der Waals surface area (Å²) in [6, 6.07) is 16.1. The van der Waals surface area contributed by atoms with Gasteiger partial charge in [-0.05, 0) is 54.8 Å². The molecule has 0 spiro atoms. The highest BCUT2D eigenvalue weighted by Crippen LogP contribution is 2.21. The molecule has 0 bridgehead atoms. The van der Waals surface area contributed by atoms with Crippen LogP contribution in [0.2, 0.25) is 0 Å². The van der Waals surface area contributed by atoms with Gasteiger partial charge in [-0.2, -0.15) is 0 Å². The summed E-state index contributed by atoms with van der Waals surface area (Å²) in [6.45, 7) is 2.19. The van der Waals surface area contributed by atoms with Crippen molar-refractivity contribution < 1.29 is 4.79 Å². The van der Waals surface area contributed by atoms with E-state index in [-0.39, 0.29) is 5.91 Å². The molecule has 2 aromatic rings. The van der Waals surface area contributed by atoms with Crippen LogP contribution in [0.25, 0.3) is 0 Å². The molecule has 0 unspecified atom stereocenters. The number of nitrogens with one attached hydrogen (secondary N) is 1. The van der Waals surface area contributed by atoms with Gasteiger partial charge >= 0.3 is 0 Å². The summed E-state index contributed by atoms with van der Waals surface area (Å²) >= 11 is 4.94. The van der Waals surface area contributed by atoms with Crippen LogP contribution in [0.5, 0.6) is 0 Å². The number of amides is 1. The van der Waals surface area contributed by atoms with Crippen molar-refractivity contribution in [1.82, 2.24) is 0 Å². The second-order valence-electron chi connectivity index (χ2n) is 5.09. The van der Waals surface area contributed by atoms with Crippen molar-refractivity contribution in [1.29, 1.82) is 0 Å². The van der Waals surface area contributed by atoms with Gasteiger partial charge in [-0.15, -0.1) is 11.8 Å². The van der Waals surface area contributed by atoms with E-state index < -0.39 is 0 Å². The minimum absolute atomic E-state index is 0.0224. The summed E-state index contributed by atoms with van der Waals surface area (Å²) in [7, 11) is 0. The monoisotopic (exact) mass is 377 g/mol. The lowest BCUT2D eigenvalue weighted by Gasteiger charge is -2.07. The van der Waals surface area contributed by atoms with Gasteiger partial charge < -0.3 is 5.32 Å². The molecule has 0 aromatic heterocycles. The summed E-state index contributed by atoms with van der Waals surface area (Å²) < 4.78 is 1.05. The second-order valence-corrected chi connectivity index (χ2v) is 7.06. The molecule has 0 aliphatic rings. The maximum absolute atomic E-state index is 12.0. The maximum atomic E-state index is 12.0. The summed E-state index contributed by atoms with van der Waals surface area (Å²) in [5.41, 5.74) is 2.19. The fourth-order valence-electron chi connectivity index (χ4n) is 2.01. The lowest BCUT2D eigenvalue weighted by molar-refractivity contribution is -0.113. The first-order valence-corrected chi connectivity index (χ1v) is 9.22. The zero-order chi connectivity index (χ0) is 15.8. The molecule has 0 saturated heterocycles. The standard InChI is InChI=1S/C18H20BrNOS/c1-2-3-4-14-5-9-16(10-6-14)20-18(21)13-22-17-11-7-15(19)8-12-17/h5-12H,2-4,13H2,1H3,(H,20,21). The van der Waals surface area contributed by atoms with E-state index in [9.17, 15) is 4.79 Å². The number of unbranched alkanes of at least 4 members (excludes halogenated alkanes) is 1. The van der Waals surface area contributed by atoms with Gasteiger partial charge in [0, 0.05) is 15.1 Å². The molecule has 0 atom stereocenters.